The molecule has 0 N–H and O–H groups in total. The number of carbonyl (C=O) groups is 1. The number of aliphatic imine (C=N–C) groups is 1. The second-order valence-corrected chi connectivity index (χ2v) is 3.90. The molecule has 1 aromatic rings. The summed E-state index contributed by atoms with van der Waals surface area (Å²) >= 11 is 0. The second kappa shape index (κ2) is 4.56. The van der Waals surface area contributed by atoms with Crippen LogP contribution in [0.25, 0.3) is 0 Å². The number of carbonyl (C=O) groups excluding carboxylic acids is 1. The van der Waals surface area contributed by atoms with Crippen molar-refractivity contribution in [3.05, 3.63) is 59.7 Å². The minimum Gasteiger partial charge on any atom is -0.346 e. The van der Waals surface area contributed by atoms with E-state index >= 15 is 0 Å². The molecule has 0 radical (unpaired) electrons. The number of hydrogen-bond donors (Lipinski definition) is 0. The van der Waals surface area contributed by atoms with Gasteiger partial charge in [-0.3, -0.25) is 9.79 Å². The van der Waals surface area contributed by atoms with Gasteiger partial charge in [-0.15, -0.1) is 0 Å². The quantitative estimate of drug-likeness (QED) is 0.801. The minimum atomic E-state index is -0.608. The van der Waals surface area contributed by atoms with Crippen LogP contribution in [0.5, 0.6) is 0 Å². The Morgan fingerprint density at radius 2 is 1.94 bits per heavy atom. The minimum absolute atomic E-state index is 0.0238. The van der Waals surface area contributed by atoms with Crippen LogP contribution in [0.3, 0.4) is 0 Å². The number of halogens is 1. The van der Waals surface area contributed by atoms with E-state index in [2.05, 4.69) is 11.6 Å². The van der Waals surface area contributed by atoms with Crippen LogP contribution in [0.1, 0.15) is 15.9 Å². The average Bonchev–Trinajstić information content (AvgIpc) is 2.39. The predicted molar refractivity (Wildman–Crippen MR) is 69.3 cm³/mol. The highest BCUT2D eigenvalue weighted by atomic mass is 19.1. The van der Waals surface area contributed by atoms with Crippen LogP contribution in [-0.4, -0.2) is 30.5 Å². The molecule has 3 nitrogen and oxygen atoms in total. The van der Waals surface area contributed by atoms with Crippen molar-refractivity contribution in [1.29, 1.82) is 0 Å². The van der Waals surface area contributed by atoms with Crippen molar-refractivity contribution in [2.24, 2.45) is 4.99 Å². The van der Waals surface area contributed by atoms with Crippen molar-refractivity contribution in [1.82, 2.24) is 4.90 Å². The number of benzene rings is 1. The Hall–Kier alpha value is -2.23. The normalized spacial score (nSPS) is 16.8. The van der Waals surface area contributed by atoms with E-state index in [1.54, 1.807) is 31.3 Å². The average molecular weight is 244 g/mol. The molecule has 1 aliphatic carbocycles. The van der Waals surface area contributed by atoms with Crippen molar-refractivity contribution in [3.63, 3.8) is 0 Å². The maximum Gasteiger partial charge on any atom is 0.213 e. The molecule has 0 bridgehead atoms. The largest absolute Gasteiger partial charge is 0.346 e. The van der Waals surface area contributed by atoms with Gasteiger partial charge in [0.1, 0.15) is 11.4 Å². The van der Waals surface area contributed by atoms with Crippen molar-refractivity contribution in [2.75, 3.05) is 14.1 Å². The molecule has 0 saturated heterocycles. The van der Waals surface area contributed by atoms with Gasteiger partial charge >= 0.3 is 0 Å². The van der Waals surface area contributed by atoms with Crippen LogP contribution in [0.4, 0.5) is 4.39 Å². The lowest BCUT2D eigenvalue weighted by Crippen LogP contribution is -2.28. The highest BCUT2D eigenvalue weighted by Gasteiger charge is 2.32. The van der Waals surface area contributed by atoms with E-state index in [4.69, 9.17) is 0 Å². The molecule has 18 heavy (non-hydrogen) atoms. The molecule has 1 aromatic carbocycles. The molecule has 0 fully saturated rings. The van der Waals surface area contributed by atoms with E-state index in [-0.39, 0.29) is 17.2 Å². The van der Waals surface area contributed by atoms with E-state index < -0.39 is 5.83 Å². The molecule has 92 valence electrons. The van der Waals surface area contributed by atoms with Crippen molar-refractivity contribution in [2.45, 2.75) is 0 Å². The maximum atomic E-state index is 14.3. The smallest absolute Gasteiger partial charge is 0.213 e. The van der Waals surface area contributed by atoms with Gasteiger partial charge in [-0.05, 0) is 6.20 Å². The molecule has 1 aliphatic rings. The van der Waals surface area contributed by atoms with Crippen LogP contribution >= 0.6 is 0 Å². The lowest BCUT2D eigenvalue weighted by Gasteiger charge is -2.24. The fourth-order valence-electron chi connectivity index (χ4n) is 1.97. The predicted octanol–water partition coefficient (Wildman–Crippen LogP) is 2.56. The molecular formula is C14H13FN2O. The summed E-state index contributed by atoms with van der Waals surface area (Å²) in [4.78, 5) is 17.6. The van der Waals surface area contributed by atoms with E-state index in [1.807, 2.05) is 0 Å². The summed E-state index contributed by atoms with van der Waals surface area (Å²) in [6, 6.07) is 6.87. The fourth-order valence-corrected chi connectivity index (χ4v) is 1.97. The molecule has 2 rings (SSSR count). The number of likely N-dealkylation sites (N-methyl/N-ethyl adjacent to an activating group) is 1. The third-order valence-corrected chi connectivity index (χ3v) is 2.91. The number of hydrogen-bond acceptors (Lipinski definition) is 3. The lowest BCUT2D eigenvalue weighted by molar-refractivity contribution is 0.100. The zero-order chi connectivity index (χ0) is 13.3. The third-order valence-electron chi connectivity index (χ3n) is 2.91. The molecule has 0 atom stereocenters. The molecule has 0 heterocycles. The molecule has 0 aromatic heterocycles. The SMILES string of the molecule is C=CN(C)C1=C(F)C(=NC)c2ccccc2C1=O. The molecule has 0 saturated carbocycles. The third kappa shape index (κ3) is 1.66. The second-order valence-electron chi connectivity index (χ2n) is 3.90. The van der Waals surface area contributed by atoms with Gasteiger partial charge in [0.05, 0.1) is 0 Å². The van der Waals surface area contributed by atoms with E-state index in [9.17, 15) is 9.18 Å². The Balaban J connectivity index is 2.72. The summed E-state index contributed by atoms with van der Waals surface area (Å²) in [5, 5.41) is 0. The number of allylic oxidation sites excluding steroid dienone is 2. The van der Waals surface area contributed by atoms with Gasteiger partial charge < -0.3 is 4.90 Å². The van der Waals surface area contributed by atoms with E-state index in [1.165, 1.54) is 18.1 Å². The summed E-state index contributed by atoms with van der Waals surface area (Å²) < 4.78 is 14.3. The van der Waals surface area contributed by atoms with Gasteiger partial charge in [0.15, 0.2) is 5.83 Å². The molecule has 0 unspecified atom stereocenters. The first kappa shape index (κ1) is 12.2. The number of fused-ring (bicyclic) bond motifs is 1. The van der Waals surface area contributed by atoms with Crippen LogP contribution < -0.4 is 0 Å². The lowest BCUT2D eigenvalue weighted by atomic mass is 9.91. The first-order valence-corrected chi connectivity index (χ1v) is 5.48. The number of nitrogens with zero attached hydrogens (tertiary/aromatic N) is 2. The zero-order valence-electron chi connectivity index (χ0n) is 10.3. The highest BCUT2D eigenvalue weighted by Crippen LogP contribution is 2.29. The van der Waals surface area contributed by atoms with Gasteiger partial charge in [0, 0.05) is 25.2 Å². The Morgan fingerprint density at radius 1 is 1.33 bits per heavy atom. The molecule has 0 aliphatic heterocycles. The zero-order valence-corrected chi connectivity index (χ0v) is 10.3. The van der Waals surface area contributed by atoms with Crippen LogP contribution in [0.15, 0.2) is 53.6 Å². The first-order valence-electron chi connectivity index (χ1n) is 5.48. The van der Waals surface area contributed by atoms with Gasteiger partial charge in [-0.25, -0.2) is 4.39 Å². The Kier molecular flexibility index (Phi) is 3.10. The molecular weight excluding hydrogens is 231 g/mol. The summed E-state index contributed by atoms with van der Waals surface area (Å²) in [7, 11) is 3.09. The van der Waals surface area contributed by atoms with Crippen LogP contribution in [-0.2, 0) is 0 Å². The summed E-state index contributed by atoms with van der Waals surface area (Å²) in [6.45, 7) is 3.54. The topological polar surface area (TPSA) is 32.7 Å². The Labute approximate surface area is 105 Å². The summed E-state index contributed by atoms with van der Waals surface area (Å²) in [5.41, 5.74) is 1.17. The van der Waals surface area contributed by atoms with E-state index in [0.717, 1.165) is 0 Å². The number of Topliss-reactive ketones (excluding diaryl/α,β-unsaturated/α-hetero) is 1. The number of ketones is 1. The Bertz CT molecular complexity index is 587. The van der Waals surface area contributed by atoms with Crippen molar-refractivity contribution in [3.8, 4) is 0 Å². The van der Waals surface area contributed by atoms with Gasteiger partial charge in [-0.1, -0.05) is 30.8 Å². The number of rotatable bonds is 2. The maximum absolute atomic E-state index is 14.3. The standard InChI is InChI=1S/C14H13FN2O/c1-4-17(3)13-11(15)12(16-2)9-7-5-6-8-10(9)14(13)18/h4-8H,1H2,2-3H3. The Morgan fingerprint density at radius 3 is 2.50 bits per heavy atom. The highest BCUT2D eigenvalue weighted by molar-refractivity contribution is 6.27. The van der Waals surface area contributed by atoms with Crippen molar-refractivity contribution < 1.29 is 9.18 Å². The van der Waals surface area contributed by atoms with Gasteiger partial charge in [0.25, 0.3) is 0 Å². The van der Waals surface area contributed by atoms with Gasteiger partial charge in [-0.2, -0.15) is 0 Å². The molecule has 0 amide bonds. The first-order chi connectivity index (χ1) is 8.61. The van der Waals surface area contributed by atoms with E-state index in [0.29, 0.717) is 11.1 Å². The summed E-state index contributed by atoms with van der Waals surface area (Å²) in [6.07, 6.45) is 1.40. The van der Waals surface area contributed by atoms with Crippen molar-refractivity contribution >= 4 is 11.5 Å². The fraction of sp³-hybridized carbons (Fsp3) is 0.143. The molecule has 4 heteroatoms. The van der Waals surface area contributed by atoms with Crippen LogP contribution in [0.2, 0.25) is 0 Å². The summed E-state index contributed by atoms with van der Waals surface area (Å²) in [5.74, 6) is -0.957. The van der Waals surface area contributed by atoms with Crippen LogP contribution in [0, 0.1) is 0 Å². The van der Waals surface area contributed by atoms with Gasteiger partial charge in [0.2, 0.25) is 5.78 Å². The monoisotopic (exact) mass is 244 g/mol. The molecule has 0 spiro atoms.